The quantitative estimate of drug-likeness (QED) is 0.538. The van der Waals surface area contributed by atoms with E-state index in [0.717, 1.165) is 11.3 Å². The van der Waals surface area contributed by atoms with E-state index in [2.05, 4.69) is 9.97 Å². The third kappa shape index (κ3) is 2.66. The molecule has 1 aromatic carbocycles. The first-order chi connectivity index (χ1) is 13.2. The molecule has 0 N–H and O–H groups in total. The number of benzene rings is 1. The van der Waals surface area contributed by atoms with Crippen LogP contribution in [0.1, 0.15) is 5.69 Å². The highest BCUT2D eigenvalue weighted by Crippen LogP contribution is 2.41. The van der Waals surface area contributed by atoms with Crippen LogP contribution in [-0.2, 0) is 6.54 Å². The third-order valence-corrected chi connectivity index (χ3v) is 4.45. The van der Waals surface area contributed by atoms with Crippen molar-refractivity contribution < 1.29 is 14.2 Å². The number of methoxy groups -OCH3 is 3. The van der Waals surface area contributed by atoms with Gasteiger partial charge in [0.1, 0.15) is 11.2 Å². The van der Waals surface area contributed by atoms with Gasteiger partial charge in [-0.3, -0.25) is 9.36 Å². The highest BCUT2D eigenvalue weighted by atomic mass is 16.5. The summed E-state index contributed by atoms with van der Waals surface area (Å²) in [5.74, 6) is 1.18. The van der Waals surface area contributed by atoms with Crippen molar-refractivity contribution in [2.45, 2.75) is 6.54 Å². The van der Waals surface area contributed by atoms with Gasteiger partial charge in [0.2, 0.25) is 5.75 Å². The van der Waals surface area contributed by atoms with Crippen LogP contribution in [0.4, 0.5) is 0 Å². The Kier molecular flexibility index (Phi) is 4.15. The number of rotatable bonds is 5. The van der Waals surface area contributed by atoms with Crippen LogP contribution in [0.25, 0.3) is 16.6 Å². The van der Waals surface area contributed by atoms with Crippen molar-refractivity contribution in [3.8, 4) is 17.2 Å². The van der Waals surface area contributed by atoms with Crippen molar-refractivity contribution >= 4 is 16.6 Å². The van der Waals surface area contributed by atoms with Crippen LogP contribution in [0.3, 0.4) is 0 Å². The van der Waals surface area contributed by atoms with E-state index in [1.54, 1.807) is 12.3 Å². The number of pyridine rings is 1. The van der Waals surface area contributed by atoms with Crippen molar-refractivity contribution in [2.75, 3.05) is 21.3 Å². The Balaban J connectivity index is 1.88. The molecule has 0 radical (unpaired) electrons. The Morgan fingerprint density at radius 1 is 1.04 bits per heavy atom. The van der Waals surface area contributed by atoms with Gasteiger partial charge in [0.15, 0.2) is 11.5 Å². The minimum Gasteiger partial charge on any atom is -0.493 e. The molecule has 0 aliphatic carbocycles. The van der Waals surface area contributed by atoms with Crippen LogP contribution in [0.2, 0.25) is 0 Å². The number of aromatic nitrogens is 4. The maximum atomic E-state index is 13.1. The van der Waals surface area contributed by atoms with Gasteiger partial charge in [-0.05, 0) is 18.2 Å². The van der Waals surface area contributed by atoms with Crippen LogP contribution < -0.4 is 19.8 Å². The SMILES string of the molecule is COc1cc2c(=O)n(Cc3cnc4ccccn34)cnc2c(OC)c1OC. The molecule has 0 saturated carbocycles. The smallest absolute Gasteiger partial charge is 0.261 e. The summed E-state index contributed by atoms with van der Waals surface area (Å²) in [4.78, 5) is 21.9. The summed E-state index contributed by atoms with van der Waals surface area (Å²) in [6.07, 6.45) is 5.16. The molecule has 3 aromatic heterocycles. The van der Waals surface area contributed by atoms with Gasteiger partial charge in [-0.25, -0.2) is 9.97 Å². The lowest BCUT2D eigenvalue weighted by atomic mass is 10.2. The Labute approximate surface area is 154 Å². The largest absolute Gasteiger partial charge is 0.493 e. The molecule has 0 amide bonds. The summed E-state index contributed by atoms with van der Waals surface area (Å²) in [6.45, 7) is 0.337. The summed E-state index contributed by atoms with van der Waals surface area (Å²) < 4.78 is 19.6. The summed E-state index contributed by atoms with van der Waals surface area (Å²) in [6, 6.07) is 7.37. The van der Waals surface area contributed by atoms with E-state index in [1.807, 2.05) is 28.8 Å². The Morgan fingerprint density at radius 2 is 1.85 bits per heavy atom. The van der Waals surface area contributed by atoms with E-state index in [9.17, 15) is 4.79 Å². The molecule has 8 nitrogen and oxygen atoms in total. The molecule has 27 heavy (non-hydrogen) atoms. The summed E-state index contributed by atoms with van der Waals surface area (Å²) in [5, 5.41) is 0.390. The van der Waals surface area contributed by atoms with Gasteiger partial charge in [-0.2, -0.15) is 0 Å². The topological polar surface area (TPSA) is 79.9 Å². The average molecular weight is 366 g/mol. The molecule has 4 rings (SSSR count). The lowest BCUT2D eigenvalue weighted by Gasteiger charge is -2.14. The van der Waals surface area contributed by atoms with Crippen LogP contribution in [-0.4, -0.2) is 40.3 Å². The second kappa shape index (κ2) is 6.64. The average Bonchev–Trinajstić information content (AvgIpc) is 3.11. The maximum absolute atomic E-state index is 13.1. The fraction of sp³-hybridized carbons (Fsp3) is 0.211. The minimum atomic E-state index is -0.204. The van der Waals surface area contributed by atoms with Crippen LogP contribution >= 0.6 is 0 Å². The van der Waals surface area contributed by atoms with Gasteiger partial charge < -0.3 is 18.6 Å². The van der Waals surface area contributed by atoms with Gasteiger partial charge in [0.25, 0.3) is 5.56 Å². The van der Waals surface area contributed by atoms with E-state index in [4.69, 9.17) is 14.2 Å². The number of fused-ring (bicyclic) bond motifs is 2. The molecular weight excluding hydrogens is 348 g/mol. The Morgan fingerprint density at radius 3 is 2.59 bits per heavy atom. The van der Waals surface area contributed by atoms with E-state index < -0.39 is 0 Å². The number of ether oxygens (including phenoxy) is 3. The molecule has 8 heteroatoms. The van der Waals surface area contributed by atoms with Crippen LogP contribution in [0.5, 0.6) is 17.2 Å². The molecule has 0 atom stereocenters. The molecule has 4 aromatic rings. The first kappa shape index (κ1) is 16.9. The van der Waals surface area contributed by atoms with Crippen molar-refractivity contribution in [3.05, 3.63) is 59.0 Å². The molecular formula is C19H18N4O4. The van der Waals surface area contributed by atoms with E-state index in [1.165, 1.54) is 32.2 Å². The molecule has 138 valence electrons. The second-order valence-corrected chi connectivity index (χ2v) is 5.90. The zero-order valence-electron chi connectivity index (χ0n) is 15.2. The van der Waals surface area contributed by atoms with Crippen LogP contribution in [0, 0.1) is 0 Å². The second-order valence-electron chi connectivity index (χ2n) is 5.90. The monoisotopic (exact) mass is 366 g/mol. The van der Waals surface area contributed by atoms with Crippen molar-refractivity contribution in [3.63, 3.8) is 0 Å². The predicted molar refractivity (Wildman–Crippen MR) is 100.0 cm³/mol. The summed E-state index contributed by atoms with van der Waals surface area (Å²) >= 11 is 0. The fourth-order valence-electron chi connectivity index (χ4n) is 3.16. The van der Waals surface area contributed by atoms with Gasteiger partial charge >= 0.3 is 0 Å². The number of imidazole rings is 1. The van der Waals surface area contributed by atoms with Gasteiger partial charge in [0.05, 0.1) is 51.5 Å². The lowest BCUT2D eigenvalue weighted by molar-refractivity contribution is 0.326. The van der Waals surface area contributed by atoms with Crippen molar-refractivity contribution in [1.82, 2.24) is 18.9 Å². The fourth-order valence-corrected chi connectivity index (χ4v) is 3.16. The van der Waals surface area contributed by atoms with Crippen LogP contribution in [0.15, 0.2) is 47.8 Å². The van der Waals surface area contributed by atoms with Gasteiger partial charge in [-0.15, -0.1) is 0 Å². The molecule has 0 aliphatic heterocycles. The minimum absolute atomic E-state index is 0.204. The standard InChI is InChI=1S/C19H18N4O4/c1-25-14-8-13-16(18(27-3)17(14)26-2)21-11-22(19(13)24)10-12-9-20-15-6-4-5-7-23(12)15/h4-9,11H,10H2,1-3H3. The predicted octanol–water partition coefficient (Wildman–Crippen LogP) is 2.12. The van der Waals surface area contributed by atoms with Crippen molar-refractivity contribution in [1.29, 1.82) is 0 Å². The zero-order valence-corrected chi connectivity index (χ0v) is 15.2. The third-order valence-electron chi connectivity index (χ3n) is 4.45. The number of hydrogen-bond donors (Lipinski definition) is 0. The highest BCUT2D eigenvalue weighted by Gasteiger charge is 2.19. The van der Waals surface area contributed by atoms with Crippen molar-refractivity contribution in [2.24, 2.45) is 0 Å². The molecule has 0 saturated heterocycles. The first-order valence-electron chi connectivity index (χ1n) is 8.27. The number of nitrogens with zero attached hydrogens (tertiary/aromatic N) is 4. The number of hydrogen-bond acceptors (Lipinski definition) is 6. The molecule has 0 unspecified atom stereocenters. The summed E-state index contributed by atoms with van der Waals surface area (Å²) in [5.41, 5.74) is 1.92. The Bertz CT molecular complexity index is 1200. The van der Waals surface area contributed by atoms with Gasteiger partial charge in [0, 0.05) is 6.20 Å². The molecule has 0 spiro atoms. The van der Waals surface area contributed by atoms with E-state index in [0.29, 0.717) is 34.7 Å². The molecule has 0 fully saturated rings. The summed E-state index contributed by atoms with van der Waals surface area (Å²) in [7, 11) is 4.52. The zero-order chi connectivity index (χ0) is 19.0. The Hall–Kier alpha value is -3.55. The molecule has 0 bridgehead atoms. The van der Waals surface area contributed by atoms with E-state index >= 15 is 0 Å². The molecule has 3 heterocycles. The lowest BCUT2D eigenvalue weighted by Crippen LogP contribution is -2.22. The highest BCUT2D eigenvalue weighted by molar-refractivity contribution is 5.89. The van der Waals surface area contributed by atoms with E-state index in [-0.39, 0.29) is 5.56 Å². The maximum Gasteiger partial charge on any atom is 0.261 e. The van der Waals surface area contributed by atoms with Gasteiger partial charge in [-0.1, -0.05) is 6.07 Å². The normalized spacial score (nSPS) is 11.1. The first-order valence-corrected chi connectivity index (χ1v) is 8.27. The molecule has 0 aliphatic rings.